The first-order chi connectivity index (χ1) is 10.9. The van der Waals surface area contributed by atoms with Gasteiger partial charge in [0.15, 0.2) is 0 Å². The van der Waals surface area contributed by atoms with E-state index < -0.39 is 23.9 Å². The number of benzene rings is 1. The van der Waals surface area contributed by atoms with Gasteiger partial charge in [-0.3, -0.25) is 9.59 Å². The average molecular weight is 336 g/mol. The zero-order valence-electron chi connectivity index (χ0n) is 13.4. The van der Waals surface area contributed by atoms with Crippen LogP contribution in [0, 0.1) is 5.92 Å². The largest absolute Gasteiger partial charge is 0.481 e. The lowest BCUT2D eigenvalue weighted by atomic mass is 10.1. The Balaban J connectivity index is 2.43. The summed E-state index contributed by atoms with van der Waals surface area (Å²) in [4.78, 5) is 39.8. The van der Waals surface area contributed by atoms with E-state index in [0.717, 1.165) is 9.80 Å². The van der Waals surface area contributed by atoms with Crippen LogP contribution in [0.25, 0.3) is 0 Å². The van der Waals surface area contributed by atoms with E-state index in [-0.39, 0.29) is 12.3 Å². The molecule has 1 heterocycles. The third-order valence-corrected chi connectivity index (χ3v) is 4.36. The molecule has 3 amide bonds. The van der Waals surface area contributed by atoms with E-state index in [1.54, 1.807) is 12.1 Å². The standard InChI is InChI=1S/C16H20N2O4S/c1-10(2)9-17-12(8-14(19)20)15(21)18(16(17)22)11-6-4-5-7-13(11)23-3/h4-7,10,12H,8-9H2,1-3H3,(H,19,20)/t12-/m0/s1. The van der Waals surface area contributed by atoms with Crippen molar-refractivity contribution in [3.63, 3.8) is 0 Å². The minimum Gasteiger partial charge on any atom is -0.481 e. The number of para-hydroxylation sites is 1. The predicted octanol–water partition coefficient (Wildman–Crippen LogP) is 2.68. The first-order valence-electron chi connectivity index (χ1n) is 7.36. The monoisotopic (exact) mass is 336 g/mol. The van der Waals surface area contributed by atoms with Gasteiger partial charge >= 0.3 is 12.0 Å². The fourth-order valence-electron chi connectivity index (χ4n) is 2.64. The third kappa shape index (κ3) is 3.50. The Kier molecular flexibility index (Phi) is 5.30. The molecule has 1 aliphatic rings. The van der Waals surface area contributed by atoms with Gasteiger partial charge in [0.25, 0.3) is 5.91 Å². The smallest absolute Gasteiger partial charge is 0.332 e. The number of urea groups is 1. The third-order valence-electron chi connectivity index (χ3n) is 3.57. The van der Waals surface area contributed by atoms with Crippen LogP contribution < -0.4 is 4.90 Å². The number of anilines is 1. The molecule has 23 heavy (non-hydrogen) atoms. The van der Waals surface area contributed by atoms with Gasteiger partial charge in [0, 0.05) is 11.4 Å². The van der Waals surface area contributed by atoms with Gasteiger partial charge < -0.3 is 10.0 Å². The Bertz CT molecular complexity index is 632. The summed E-state index contributed by atoms with van der Waals surface area (Å²) in [5, 5.41) is 9.07. The van der Waals surface area contributed by atoms with E-state index in [9.17, 15) is 14.4 Å². The number of aliphatic carboxylic acids is 1. The molecule has 0 aromatic heterocycles. The molecule has 2 rings (SSSR count). The summed E-state index contributed by atoms with van der Waals surface area (Å²) >= 11 is 1.44. The SMILES string of the molecule is CSc1ccccc1N1C(=O)[C@H](CC(=O)O)N(CC(C)C)C1=O. The first kappa shape index (κ1) is 17.3. The zero-order chi connectivity index (χ0) is 17.1. The molecule has 1 fully saturated rings. The predicted molar refractivity (Wildman–Crippen MR) is 88.7 cm³/mol. The summed E-state index contributed by atoms with van der Waals surface area (Å²) in [5.74, 6) is -1.43. The van der Waals surface area contributed by atoms with Crippen molar-refractivity contribution < 1.29 is 19.5 Å². The van der Waals surface area contributed by atoms with Gasteiger partial charge in [-0.2, -0.15) is 0 Å². The van der Waals surface area contributed by atoms with Crippen LogP contribution in [0.15, 0.2) is 29.2 Å². The average Bonchev–Trinajstić information content (AvgIpc) is 2.70. The molecule has 1 aromatic rings. The lowest BCUT2D eigenvalue weighted by Crippen LogP contribution is -2.39. The lowest BCUT2D eigenvalue weighted by molar-refractivity contribution is -0.140. The summed E-state index contributed by atoms with van der Waals surface area (Å²) in [6.45, 7) is 4.20. The molecule has 1 N–H and O–H groups in total. The number of hydrogen-bond donors (Lipinski definition) is 1. The number of rotatable bonds is 6. The Morgan fingerprint density at radius 2 is 1.96 bits per heavy atom. The number of carboxylic acids is 1. The van der Waals surface area contributed by atoms with Gasteiger partial charge in [-0.1, -0.05) is 26.0 Å². The minimum atomic E-state index is -1.09. The van der Waals surface area contributed by atoms with Crippen LogP contribution in [0.2, 0.25) is 0 Å². The minimum absolute atomic E-state index is 0.138. The Hall–Kier alpha value is -2.02. The molecule has 0 radical (unpaired) electrons. The van der Waals surface area contributed by atoms with Crippen LogP contribution in [-0.2, 0) is 9.59 Å². The van der Waals surface area contributed by atoms with E-state index in [1.165, 1.54) is 16.7 Å². The van der Waals surface area contributed by atoms with Crippen LogP contribution in [0.4, 0.5) is 10.5 Å². The topological polar surface area (TPSA) is 77.9 Å². The van der Waals surface area contributed by atoms with Gasteiger partial charge in [-0.15, -0.1) is 11.8 Å². The highest BCUT2D eigenvalue weighted by atomic mass is 32.2. The number of imide groups is 1. The highest BCUT2D eigenvalue weighted by molar-refractivity contribution is 7.98. The second kappa shape index (κ2) is 7.04. The van der Waals surface area contributed by atoms with Gasteiger partial charge in [-0.05, 0) is 24.3 Å². The van der Waals surface area contributed by atoms with Crippen LogP contribution in [0.1, 0.15) is 20.3 Å². The maximum Gasteiger partial charge on any atom is 0.332 e. The molecular weight excluding hydrogens is 316 g/mol. The maximum atomic E-state index is 12.7. The Labute approximate surface area is 139 Å². The molecular formula is C16H20N2O4S. The quantitative estimate of drug-likeness (QED) is 0.638. The van der Waals surface area contributed by atoms with Gasteiger partial charge in [0.05, 0.1) is 12.1 Å². The normalized spacial score (nSPS) is 18.2. The van der Waals surface area contributed by atoms with Crippen molar-refractivity contribution in [3.8, 4) is 0 Å². The van der Waals surface area contributed by atoms with Gasteiger partial charge in [-0.25, -0.2) is 9.69 Å². The second-order valence-corrected chi connectivity index (χ2v) is 6.64. The van der Waals surface area contributed by atoms with Crippen molar-refractivity contribution in [2.24, 2.45) is 5.92 Å². The molecule has 1 aliphatic heterocycles. The van der Waals surface area contributed by atoms with Crippen molar-refractivity contribution >= 4 is 35.4 Å². The summed E-state index contributed by atoms with van der Waals surface area (Å²) in [5.41, 5.74) is 0.511. The lowest BCUT2D eigenvalue weighted by Gasteiger charge is -2.22. The molecule has 1 aromatic carbocycles. The summed E-state index contributed by atoms with van der Waals surface area (Å²) in [6.07, 6.45) is 1.49. The number of amides is 3. The van der Waals surface area contributed by atoms with Crippen molar-refractivity contribution in [2.45, 2.75) is 31.2 Å². The first-order valence-corrected chi connectivity index (χ1v) is 8.58. The molecule has 0 spiro atoms. The van der Waals surface area contributed by atoms with Gasteiger partial charge in [0.2, 0.25) is 0 Å². The molecule has 0 saturated carbocycles. The molecule has 1 saturated heterocycles. The summed E-state index contributed by atoms with van der Waals surface area (Å²) in [6, 6.07) is 5.73. The van der Waals surface area contributed by atoms with E-state index in [4.69, 9.17) is 5.11 Å². The van der Waals surface area contributed by atoms with E-state index in [0.29, 0.717) is 12.2 Å². The van der Waals surface area contributed by atoms with Crippen LogP contribution >= 0.6 is 11.8 Å². The molecule has 1 atom stereocenters. The Morgan fingerprint density at radius 3 is 2.52 bits per heavy atom. The summed E-state index contributed by atoms with van der Waals surface area (Å²) < 4.78 is 0. The number of hydrogen-bond acceptors (Lipinski definition) is 4. The van der Waals surface area contributed by atoms with E-state index in [2.05, 4.69) is 0 Å². The van der Waals surface area contributed by atoms with Crippen molar-refractivity contribution in [3.05, 3.63) is 24.3 Å². The van der Waals surface area contributed by atoms with Crippen molar-refractivity contribution in [1.29, 1.82) is 0 Å². The zero-order valence-corrected chi connectivity index (χ0v) is 14.2. The molecule has 0 aliphatic carbocycles. The number of thioether (sulfide) groups is 1. The maximum absolute atomic E-state index is 12.7. The fourth-order valence-corrected chi connectivity index (χ4v) is 3.22. The fraction of sp³-hybridized carbons (Fsp3) is 0.438. The summed E-state index contributed by atoms with van der Waals surface area (Å²) in [7, 11) is 0. The van der Waals surface area contributed by atoms with Crippen LogP contribution in [0.3, 0.4) is 0 Å². The van der Waals surface area contributed by atoms with Crippen LogP contribution in [0.5, 0.6) is 0 Å². The second-order valence-electron chi connectivity index (χ2n) is 5.79. The molecule has 0 unspecified atom stereocenters. The van der Waals surface area contributed by atoms with Crippen LogP contribution in [-0.4, -0.2) is 46.8 Å². The highest BCUT2D eigenvalue weighted by Crippen LogP contribution is 2.34. The van der Waals surface area contributed by atoms with E-state index >= 15 is 0 Å². The number of carboxylic acid groups (broad SMARTS) is 1. The molecule has 7 heteroatoms. The molecule has 6 nitrogen and oxygen atoms in total. The van der Waals surface area contributed by atoms with E-state index in [1.807, 2.05) is 32.2 Å². The van der Waals surface area contributed by atoms with Crippen molar-refractivity contribution in [2.75, 3.05) is 17.7 Å². The molecule has 0 bridgehead atoms. The van der Waals surface area contributed by atoms with Gasteiger partial charge in [0.1, 0.15) is 6.04 Å². The van der Waals surface area contributed by atoms with Crippen molar-refractivity contribution in [1.82, 2.24) is 4.90 Å². The molecule has 124 valence electrons. The number of carbonyl (C=O) groups excluding carboxylic acids is 2. The Morgan fingerprint density at radius 1 is 1.30 bits per heavy atom. The number of carbonyl (C=O) groups is 3. The number of nitrogens with zero attached hydrogens (tertiary/aromatic N) is 2. The highest BCUT2D eigenvalue weighted by Gasteiger charge is 2.47.